The van der Waals surface area contributed by atoms with Crippen LogP contribution in [0.3, 0.4) is 0 Å². The van der Waals surface area contributed by atoms with Gasteiger partial charge in [0.15, 0.2) is 0 Å². The third-order valence-electron chi connectivity index (χ3n) is 9.37. The summed E-state index contributed by atoms with van der Waals surface area (Å²) in [6.07, 6.45) is 4.54. The smallest absolute Gasteiger partial charge is 0.245 e. The molecule has 234 valence electrons. The number of aliphatic hydroxyl groups excluding tert-OH is 1. The fourth-order valence-electron chi connectivity index (χ4n) is 7.42. The number of thioether (sulfide) groups is 1. The number of hydrogen-bond donors (Lipinski definition) is 3. The Hall–Kier alpha value is -3.64. The van der Waals surface area contributed by atoms with Crippen molar-refractivity contribution in [2.75, 3.05) is 25.1 Å². The Morgan fingerprint density at radius 1 is 1.07 bits per heavy atom. The molecule has 44 heavy (non-hydrogen) atoms. The minimum atomic E-state index is -0.706. The molecule has 3 aliphatic heterocycles. The Bertz CT molecular complexity index is 1530. The van der Waals surface area contributed by atoms with Gasteiger partial charge in [0, 0.05) is 23.6 Å². The van der Waals surface area contributed by atoms with Crippen LogP contribution < -0.4 is 15.4 Å². The number of para-hydroxylation sites is 1. The number of amides is 3. The van der Waals surface area contributed by atoms with Crippen molar-refractivity contribution in [1.82, 2.24) is 25.2 Å². The average molecular weight is 621 g/mol. The predicted molar refractivity (Wildman–Crippen MR) is 168 cm³/mol. The summed E-state index contributed by atoms with van der Waals surface area (Å²) < 4.78 is 6.00. The lowest BCUT2D eigenvalue weighted by molar-refractivity contribution is -0.139. The highest BCUT2D eigenvalue weighted by Gasteiger charge is 2.77. The fraction of sp³-hybridized carbons (Fsp3) is 0.531. The van der Waals surface area contributed by atoms with Crippen LogP contribution in [0, 0.1) is 11.8 Å². The van der Waals surface area contributed by atoms with Gasteiger partial charge in [-0.3, -0.25) is 14.4 Å². The number of carbonyl (C=O) groups is 3. The highest BCUT2D eigenvalue weighted by Crippen LogP contribution is 2.71. The van der Waals surface area contributed by atoms with Crippen LogP contribution in [0.5, 0.6) is 5.75 Å². The number of ether oxygens (including phenoxy) is 1. The lowest BCUT2D eigenvalue weighted by atomic mass is 9.66. The first-order valence-corrected chi connectivity index (χ1v) is 16.3. The Morgan fingerprint density at radius 2 is 1.84 bits per heavy atom. The largest absolute Gasteiger partial charge is 0.494 e. The van der Waals surface area contributed by atoms with Gasteiger partial charge >= 0.3 is 0 Å². The molecule has 3 saturated heterocycles. The maximum Gasteiger partial charge on any atom is 0.245 e. The average Bonchev–Trinajstić information content (AvgIpc) is 3.72. The second-order valence-electron chi connectivity index (χ2n) is 12.1. The molecule has 3 N–H and O–H groups in total. The molecule has 1 aromatic heterocycles. The summed E-state index contributed by atoms with van der Waals surface area (Å²) in [5.74, 6) is -1.01. The molecule has 11 nitrogen and oxygen atoms in total. The van der Waals surface area contributed by atoms with Gasteiger partial charge in [-0.2, -0.15) is 0 Å². The lowest BCUT2D eigenvalue weighted by Gasteiger charge is -2.34. The number of likely N-dealkylation sites (tertiary alicyclic amines) is 1. The van der Waals surface area contributed by atoms with Gasteiger partial charge in [0.25, 0.3) is 0 Å². The van der Waals surface area contributed by atoms with Crippen molar-refractivity contribution < 1.29 is 24.2 Å². The van der Waals surface area contributed by atoms with Gasteiger partial charge in [-0.25, -0.2) is 4.68 Å². The second-order valence-corrected chi connectivity index (χ2v) is 14.0. The van der Waals surface area contributed by atoms with E-state index in [0.717, 1.165) is 42.5 Å². The number of aromatic nitrogens is 3. The van der Waals surface area contributed by atoms with Gasteiger partial charge in [0.1, 0.15) is 24.0 Å². The van der Waals surface area contributed by atoms with E-state index in [2.05, 4.69) is 27.9 Å². The second kappa shape index (κ2) is 12.4. The lowest BCUT2D eigenvalue weighted by Crippen LogP contribution is -2.54. The summed E-state index contributed by atoms with van der Waals surface area (Å²) in [7, 11) is 0. The number of hydrogen-bond acceptors (Lipinski definition) is 8. The molecule has 3 amide bonds. The quantitative estimate of drug-likeness (QED) is 0.247. The molecule has 2 bridgehead atoms. The van der Waals surface area contributed by atoms with Gasteiger partial charge in [-0.1, -0.05) is 30.2 Å². The number of anilines is 1. The third-order valence-corrected chi connectivity index (χ3v) is 11.4. The Labute approximate surface area is 261 Å². The number of fused-ring (bicyclic) bond motifs is 2. The highest BCUT2D eigenvalue weighted by molar-refractivity contribution is 8.02. The molecular formula is C32H40N6O5S. The van der Waals surface area contributed by atoms with E-state index in [9.17, 15) is 19.5 Å². The minimum Gasteiger partial charge on any atom is -0.494 e. The third kappa shape index (κ3) is 5.32. The molecule has 3 aliphatic rings. The number of benzene rings is 2. The van der Waals surface area contributed by atoms with Crippen molar-refractivity contribution in [3.05, 3.63) is 48.5 Å². The molecule has 0 radical (unpaired) electrons. The number of carbonyl (C=O) groups excluding carboxylic acids is 3. The van der Waals surface area contributed by atoms with Crippen molar-refractivity contribution in [1.29, 1.82) is 0 Å². The molecule has 4 heterocycles. The van der Waals surface area contributed by atoms with Crippen molar-refractivity contribution in [2.45, 2.75) is 74.6 Å². The SMILES string of the molecule is CCOc1ccc(NC(=O)[C@H]2[C@H]3C(=O)N(CCCCCCO)C(C(=O)NCn4nnc5ccccc54)C34CC[C@]2(C)S4)cc1. The van der Waals surface area contributed by atoms with Crippen LogP contribution >= 0.6 is 11.8 Å². The summed E-state index contributed by atoms with van der Waals surface area (Å²) in [4.78, 5) is 44.1. The first kappa shape index (κ1) is 30.4. The Balaban J connectivity index is 1.25. The molecule has 12 heteroatoms. The maximum atomic E-state index is 14.3. The molecule has 0 saturated carbocycles. The number of rotatable bonds is 13. The van der Waals surface area contributed by atoms with E-state index in [1.807, 2.05) is 43.3 Å². The molecule has 3 aromatic rings. The van der Waals surface area contributed by atoms with Gasteiger partial charge in [0.05, 0.1) is 28.7 Å². The van der Waals surface area contributed by atoms with Crippen LogP contribution in [-0.4, -0.2) is 78.0 Å². The van der Waals surface area contributed by atoms with E-state index < -0.39 is 27.4 Å². The summed E-state index contributed by atoms with van der Waals surface area (Å²) in [5, 5.41) is 23.7. The van der Waals surface area contributed by atoms with Gasteiger partial charge in [-0.05, 0) is 75.9 Å². The molecule has 3 fully saturated rings. The van der Waals surface area contributed by atoms with E-state index in [1.165, 1.54) is 0 Å². The highest BCUT2D eigenvalue weighted by atomic mass is 32.2. The van der Waals surface area contributed by atoms with Crippen molar-refractivity contribution in [2.24, 2.45) is 11.8 Å². The molecular weight excluding hydrogens is 580 g/mol. The monoisotopic (exact) mass is 620 g/mol. The van der Waals surface area contributed by atoms with Crippen LogP contribution in [0.2, 0.25) is 0 Å². The molecule has 0 aliphatic carbocycles. The number of unbranched alkanes of at least 4 members (excludes halogenated alkanes) is 3. The van der Waals surface area contributed by atoms with E-state index in [0.29, 0.717) is 31.7 Å². The van der Waals surface area contributed by atoms with Crippen LogP contribution in [0.1, 0.15) is 52.4 Å². The maximum absolute atomic E-state index is 14.3. The number of nitrogens with zero attached hydrogens (tertiary/aromatic N) is 4. The summed E-state index contributed by atoms with van der Waals surface area (Å²) >= 11 is 1.65. The van der Waals surface area contributed by atoms with Crippen LogP contribution in [0.15, 0.2) is 48.5 Å². The van der Waals surface area contributed by atoms with Crippen molar-refractivity contribution in [3.63, 3.8) is 0 Å². The van der Waals surface area contributed by atoms with Crippen molar-refractivity contribution >= 4 is 46.2 Å². The summed E-state index contributed by atoms with van der Waals surface area (Å²) in [6.45, 7) is 5.22. The number of aliphatic hydroxyl groups is 1. The molecule has 2 aromatic carbocycles. The molecule has 1 spiro atoms. The molecule has 2 unspecified atom stereocenters. The zero-order chi connectivity index (χ0) is 30.9. The van der Waals surface area contributed by atoms with E-state index >= 15 is 0 Å². The van der Waals surface area contributed by atoms with Crippen LogP contribution in [-0.2, 0) is 21.1 Å². The van der Waals surface area contributed by atoms with Crippen molar-refractivity contribution in [3.8, 4) is 5.75 Å². The first-order valence-electron chi connectivity index (χ1n) is 15.5. The summed E-state index contributed by atoms with van der Waals surface area (Å²) in [6, 6.07) is 14.1. The Morgan fingerprint density at radius 3 is 2.61 bits per heavy atom. The molecule has 5 atom stereocenters. The minimum absolute atomic E-state index is 0.124. The van der Waals surface area contributed by atoms with Crippen LogP contribution in [0.4, 0.5) is 5.69 Å². The summed E-state index contributed by atoms with van der Waals surface area (Å²) in [5.41, 5.74) is 2.19. The first-order chi connectivity index (χ1) is 21.3. The van der Waals surface area contributed by atoms with Gasteiger partial charge in [-0.15, -0.1) is 16.9 Å². The standard InChI is InChI=1S/C32H40N6O5S/c1-3-43-22-14-12-21(13-15-22)34-28(40)25-26-30(42)37(18-8-4-5-9-19-39)27(32(26)17-16-31(25,2)44-32)29(41)33-20-38-24-11-7-6-10-23(24)35-36-38/h6-7,10-15,25-27,39H,3-5,8-9,16-20H2,1-2H3,(H,33,41)(H,34,40)/t25-,26+,27?,31+,32?/m1/s1. The topological polar surface area (TPSA) is 139 Å². The van der Waals surface area contributed by atoms with Gasteiger partial charge < -0.3 is 25.4 Å². The zero-order valence-corrected chi connectivity index (χ0v) is 26.0. The fourth-order valence-corrected chi connectivity index (χ4v) is 9.78. The normalized spacial score (nSPS) is 27.1. The van der Waals surface area contributed by atoms with Gasteiger partial charge in [0.2, 0.25) is 17.7 Å². The van der Waals surface area contributed by atoms with E-state index in [1.54, 1.807) is 33.5 Å². The predicted octanol–water partition coefficient (Wildman–Crippen LogP) is 3.58. The van der Waals surface area contributed by atoms with E-state index in [-0.39, 0.29) is 31.0 Å². The number of nitrogens with one attached hydrogen (secondary N) is 2. The van der Waals surface area contributed by atoms with E-state index in [4.69, 9.17) is 4.74 Å². The van der Waals surface area contributed by atoms with Crippen LogP contribution in [0.25, 0.3) is 11.0 Å². The zero-order valence-electron chi connectivity index (χ0n) is 25.2. The Kier molecular flexibility index (Phi) is 8.56. The molecule has 6 rings (SSSR count).